The second-order valence-corrected chi connectivity index (χ2v) is 4.51. The van der Waals surface area contributed by atoms with Crippen molar-refractivity contribution >= 4 is 5.91 Å². The van der Waals surface area contributed by atoms with E-state index in [1.807, 2.05) is 4.90 Å². The Hall–Kier alpha value is -0.570. The molecule has 1 aliphatic rings. The van der Waals surface area contributed by atoms with Gasteiger partial charge in [-0.15, -0.1) is 0 Å². The molecule has 1 saturated carbocycles. The number of nitrogens with zero attached hydrogens (tertiary/aromatic N) is 1. The molecule has 0 saturated heterocycles. The lowest BCUT2D eigenvalue weighted by Gasteiger charge is -2.34. The quantitative estimate of drug-likeness (QED) is 0.729. The van der Waals surface area contributed by atoms with Crippen LogP contribution in [0.25, 0.3) is 0 Å². The Morgan fingerprint density at radius 2 is 1.87 bits per heavy atom. The average molecular weight is 212 g/mol. The van der Waals surface area contributed by atoms with E-state index >= 15 is 0 Å². The first-order chi connectivity index (χ1) is 7.15. The van der Waals surface area contributed by atoms with Crippen molar-refractivity contribution < 1.29 is 4.79 Å². The van der Waals surface area contributed by atoms with Crippen molar-refractivity contribution in [3.63, 3.8) is 0 Å². The minimum atomic E-state index is -0.307. The minimum Gasteiger partial charge on any atom is -0.339 e. The van der Waals surface area contributed by atoms with Gasteiger partial charge in [0.1, 0.15) is 0 Å². The molecule has 0 unspecified atom stereocenters. The topological polar surface area (TPSA) is 46.3 Å². The van der Waals surface area contributed by atoms with E-state index in [-0.39, 0.29) is 11.3 Å². The molecule has 1 amide bonds. The molecule has 0 heterocycles. The highest BCUT2D eigenvalue weighted by molar-refractivity contribution is 5.83. The van der Waals surface area contributed by atoms with Crippen LogP contribution >= 0.6 is 0 Å². The Bertz CT molecular complexity index is 211. The number of carbonyl (C=O) groups is 1. The number of carbonyl (C=O) groups excluding carboxylic acids is 1. The second-order valence-electron chi connectivity index (χ2n) is 4.51. The third-order valence-electron chi connectivity index (χ3n) is 3.79. The Morgan fingerprint density at radius 1 is 1.33 bits per heavy atom. The number of hydrogen-bond acceptors (Lipinski definition) is 2. The van der Waals surface area contributed by atoms with E-state index < -0.39 is 0 Å². The lowest BCUT2D eigenvalue weighted by Crippen LogP contribution is -2.48. The van der Waals surface area contributed by atoms with Crippen LogP contribution in [0.15, 0.2) is 0 Å². The SMILES string of the molecule is CCN(C(=O)C(CC)(CC)CN)C1CC1. The summed E-state index contributed by atoms with van der Waals surface area (Å²) in [5, 5.41) is 0. The van der Waals surface area contributed by atoms with Crippen molar-refractivity contribution in [2.75, 3.05) is 13.1 Å². The summed E-state index contributed by atoms with van der Waals surface area (Å²) >= 11 is 0. The van der Waals surface area contributed by atoms with Gasteiger partial charge in [0, 0.05) is 19.1 Å². The van der Waals surface area contributed by atoms with Gasteiger partial charge in [0.25, 0.3) is 0 Å². The molecule has 0 radical (unpaired) electrons. The van der Waals surface area contributed by atoms with Crippen LogP contribution in [0, 0.1) is 5.41 Å². The summed E-state index contributed by atoms with van der Waals surface area (Å²) in [6, 6.07) is 0.506. The highest BCUT2D eigenvalue weighted by Gasteiger charge is 2.41. The standard InChI is InChI=1S/C12H24N2O/c1-4-12(5-2,9-13)11(15)14(6-3)10-7-8-10/h10H,4-9,13H2,1-3H3. The van der Waals surface area contributed by atoms with Gasteiger partial charge in [-0.05, 0) is 32.6 Å². The molecular formula is C12H24N2O. The van der Waals surface area contributed by atoms with Crippen LogP contribution in [0.2, 0.25) is 0 Å². The summed E-state index contributed by atoms with van der Waals surface area (Å²) in [5.41, 5.74) is 5.49. The van der Waals surface area contributed by atoms with Crippen molar-refractivity contribution in [2.24, 2.45) is 11.1 Å². The molecule has 88 valence electrons. The van der Waals surface area contributed by atoms with E-state index in [9.17, 15) is 4.79 Å². The molecule has 1 rings (SSSR count). The summed E-state index contributed by atoms with van der Waals surface area (Å²) in [6.07, 6.45) is 4.05. The van der Waals surface area contributed by atoms with Crippen LogP contribution in [-0.4, -0.2) is 29.9 Å². The van der Waals surface area contributed by atoms with Crippen molar-refractivity contribution in [1.82, 2.24) is 4.90 Å². The second kappa shape index (κ2) is 4.97. The van der Waals surface area contributed by atoms with Crippen molar-refractivity contribution in [1.29, 1.82) is 0 Å². The van der Waals surface area contributed by atoms with E-state index in [2.05, 4.69) is 20.8 Å². The molecule has 0 aromatic carbocycles. The fraction of sp³-hybridized carbons (Fsp3) is 0.917. The van der Waals surface area contributed by atoms with E-state index in [1.165, 1.54) is 12.8 Å². The van der Waals surface area contributed by atoms with Gasteiger partial charge in [-0.25, -0.2) is 0 Å². The van der Waals surface area contributed by atoms with Crippen LogP contribution in [0.4, 0.5) is 0 Å². The van der Waals surface area contributed by atoms with E-state index in [0.29, 0.717) is 12.6 Å². The zero-order valence-corrected chi connectivity index (χ0v) is 10.3. The Balaban J connectivity index is 2.77. The van der Waals surface area contributed by atoms with Gasteiger partial charge in [-0.3, -0.25) is 4.79 Å². The van der Waals surface area contributed by atoms with E-state index in [1.54, 1.807) is 0 Å². The maximum Gasteiger partial charge on any atom is 0.230 e. The first-order valence-electron chi connectivity index (χ1n) is 6.16. The smallest absolute Gasteiger partial charge is 0.230 e. The van der Waals surface area contributed by atoms with Gasteiger partial charge >= 0.3 is 0 Å². The molecule has 0 aromatic rings. The maximum atomic E-state index is 12.4. The van der Waals surface area contributed by atoms with E-state index in [0.717, 1.165) is 19.4 Å². The van der Waals surface area contributed by atoms with Crippen molar-refractivity contribution in [3.8, 4) is 0 Å². The molecule has 3 heteroatoms. The summed E-state index contributed by atoms with van der Waals surface area (Å²) in [6.45, 7) is 7.49. The van der Waals surface area contributed by atoms with Crippen LogP contribution in [0.1, 0.15) is 46.5 Å². The summed E-state index contributed by atoms with van der Waals surface area (Å²) in [5.74, 6) is 0.278. The largest absolute Gasteiger partial charge is 0.339 e. The van der Waals surface area contributed by atoms with E-state index in [4.69, 9.17) is 5.73 Å². The Labute approximate surface area is 93.0 Å². The molecule has 1 fully saturated rings. The Morgan fingerprint density at radius 3 is 2.13 bits per heavy atom. The summed E-state index contributed by atoms with van der Waals surface area (Å²) < 4.78 is 0. The number of nitrogens with two attached hydrogens (primary N) is 1. The first kappa shape index (κ1) is 12.5. The predicted octanol–water partition coefficient (Wildman–Crippen LogP) is 1.76. The number of rotatable bonds is 6. The molecule has 2 N–H and O–H groups in total. The fourth-order valence-electron chi connectivity index (χ4n) is 2.19. The highest BCUT2D eigenvalue weighted by Crippen LogP contribution is 2.34. The molecule has 3 nitrogen and oxygen atoms in total. The van der Waals surface area contributed by atoms with Gasteiger partial charge in [-0.1, -0.05) is 13.8 Å². The van der Waals surface area contributed by atoms with Crippen molar-refractivity contribution in [2.45, 2.75) is 52.5 Å². The third kappa shape index (κ3) is 2.33. The van der Waals surface area contributed by atoms with Gasteiger partial charge in [0.15, 0.2) is 0 Å². The molecule has 15 heavy (non-hydrogen) atoms. The predicted molar refractivity (Wildman–Crippen MR) is 62.5 cm³/mol. The van der Waals surface area contributed by atoms with Crippen LogP contribution in [0.5, 0.6) is 0 Å². The lowest BCUT2D eigenvalue weighted by atomic mass is 9.81. The van der Waals surface area contributed by atoms with Crippen LogP contribution < -0.4 is 5.73 Å². The molecule has 0 atom stereocenters. The number of amides is 1. The molecule has 0 spiro atoms. The van der Waals surface area contributed by atoms with Crippen LogP contribution in [0.3, 0.4) is 0 Å². The third-order valence-corrected chi connectivity index (χ3v) is 3.79. The lowest BCUT2D eigenvalue weighted by molar-refractivity contribution is -0.142. The molecule has 1 aliphatic carbocycles. The highest BCUT2D eigenvalue weighted by atomic mass is 16.2. The van der Waals surface area contributed by atoms with Crippen LogP contribution in [-0.2, 0) is 4.79 Å². The zero-order chi connectivity index (χ0) is 11.5. The summed E-state index contributed by atoms with van der Waals surface area (Å²) in [4.78, 5) is 14.4. The normalized spacial score (nSPS) is 16.5. The van der Waals surface area contributed by atoms with Crippen molar-refractivity contribution in [3.05, 3.63) is 0 Å². The van der Waals surface area contributed by atoms with Gasteiger partial charge in [-0.2, -0.15) is 0 Å². The molecule has 0 aliphatic heterocycles. The van der Waals surface area contributed by atoms with Gasteiger partial charge in [0.05, 0.1) is 5.41 Å². The maximum absolute atomic E-state index is 12.4. The summed E-state index contributed by atoms with van der Waals surface area (Å²) in [7, 11) is 0. The fourth-order valence-corrected chi connectivity index (χ4v) is 2.19. The zero-order valence-electron chi connectivity index (χ0n) is 10.3. The molecule has 0 bridgehead atoms. The minimum absolute atomic E-state index is 0.278. The first-order valence-corrected chi connectivity index (χ1v) is 6.16. The molecular weight excluding hydrogens is 188 g/mol. The van der Waals surface area contributed by atoms with Gasteiger partial charge in [0.2, 0.25) is 5.91 Å². The monoisotopic (exact) mass is 212 g/mol. The Kier molecular flexibility index (Phi) is 4.14. The number of hydrogen-bond donors (Lipinski definition) is 1. The van der Waals surface area contributed by atoms with Gasteiger partial charge < -0.3 is 10.6 Å². The average Bonchev–Trinajstić information content (AvgIpc) is 3.07. The molecule has 0 aromatic heterocycles.